The number of aryl methyl sites for hydroxylation is 2. The molecule has 0 unspecified atom stereocenters. The lowest BCUT2D eigenvalue weighted by atomic mass is 10.1. The zero-order valence-corrected chi connectivity index (χ0v) is 15.2. The standard InChI is InChI=1S/C19H18BrN3O/c1-13-3-8-18(14(2)9-13)22-19(24)16-6-4-15(5-7-16)11-23-12-17(20)10-21-23/h3-10,12H,11H2,1-2H3,(H,22,24). The minimum Gasteiger partial charge on any atom is -0.322 e. The first kappa shape index (κ1) is 16.5. The third-order valence-corrected chi connectivity index (χ3v) is 4.20. The highest BCUT2D eigenvalue weighted by Gasteiger charge is 2.08. The fourth-order valence-electron chi connectivity index (χ4n) is 2.52. The van der Waals surface area contributed by atoms with E-state index in [2.05, 4.69) is 32.4 Å². The lowest BCUT2D eigenvalue weighted by Gasteiger charge is -2.10. The molecule has 1 aromatic heterocycles. The molecule has 0 aliphatic carbocycles. The average molecular weight is 384 g/mol. The first-order valence-electron chi connectivity index (χ1n) is 7.67. The number of halogens is 1. The topological polar surface area (TPSA) is 46.9 Å². The van der Waals surface area contributed by atoms with Crippen LogP contribution < -0.4 is 5.32 Å². The molecule has 3 rings (SSSR count). The van der Waals surface area contributed by atoms with Crippen molar-refractivity contribution >= 4 is 27.5 Å². The van der Waals surface area contributed by atoms with Crippen molar-refractivity contribution in [2.24, 2.45) is 0 Å². The maximum Gasteiger partial charge on any atom is 0.255 e. The van der Waals surface area contributed by atoms with E-state index in [-0.39, 0.29) is 5.91 Å². The predicted octanol–water partition coefficient (Wildman–Crippen LogP) is 4.56. The Labute approximate surface area is 149 Å². The molecule has 0 spiro atoms. The summed E-state index contributed by atoms with van der Waals surface area (Å²) >= 11 is 3.38. The number of carbonyl (C=O) groups is 1. The van der Waals surface area contributed by atoms with Crippen molar-refractivity contribution in [3.63, 3.8) is 0 Å². The number of carbonyl (C=O) groups excluding carboxylic acids is 1. The van der Waals surface area contributed by atoms with E-state index in [0.29, 0.717) is 12.1 Å². The molecule has 1 N–H and O–H groups in total. The number of aromatic nitrogens is 2. The maximum atomic E-state index is 12.4. The van der Waals surface area contributed by atoms with Gasteiger partial charge in [-0.05, 0) is 59.1 Å². The van der Waals surface area contributed by atoms with Crippen LogP contribution in [0.2, 0.25) is 0 Å². The second kappa shape index (κ2) is 7.01. The van der Waals surface area contributed by atoms with Crippen molar-refractivity contribution in [3.05, 3.63) is 81.6 Å². The lowest BCUT2D eigenvalue weighted by Crippen LogP contribution is -2.13. The van der Waals surface area contributed by atoms with Crippen molar-refractivity contribution in [1.82, 2.24) is 9.78 Å². The van der Waals surface area contributed by atoms with E-state index in [1.54, 1.807) is 6.20 Å². The molecule has 0 radical (unpaired) electrons. The molecule has 2 aromatic carbocycles. The quantitative estimate of drug-likeness (QED) is 0.717. The lowest BCUT2D eigenvalue weighted by molar-refractivity contribution is 0.102. The summed E-state index contributed by atoms with van der Waals surface area (Å²) in [7, 11) is 0. The third-order valence-electron chi connectivity index (χ3n) is 3.79. The van der Waals surface area contributed by atoms with Gasteiger partial charge < -0.3 is 5.32 Å². The van der Waals surface area contributed by atoms with Gasteiger partial charge in [0, 0.05) is 17.4 Å². The molecule has 24 heavy (non-hydrogen) atoms. The Morgan fingerprint density at radius 1 is 1.17 bits per heavy atom. The Kier molecular flexibility index (Phi) is 4.81. The number of nitrogens with zero attached hydrogens (tertiary/aromatic N) is 2. The van der Waals surface area contributed by atoms with Crippen LogP contribution in [0, 0.1) is 13.8 Å². The van der Waals surface area contributed by atoms with Gasteiger partial charge in [0.05, 0.1) is 17.2 Å². The van der Waals surface area contributed by atoms with E-state index >= 15 is 0 Å². The molecule has 0 saturated carbocycles. The Bertz CT molecular complexity index is 869. The fraction of sp³-hybridized carbons (Fsp3) is 0.158. The van der Waals surface area contributed by atoms with Crippen LogP contribution in [0.15, 0.2) is 59.3 Å². The summed E-state index contributed by atoms with van der Waals surface area (Å²) < 4.78 is 2.79. The summed E-state index contributed by atoms with van der Waals surface area (Å²) in [6.07, 6.45) is 3.67. The Morgan fingerprint density at radius 3 is 2.54 bits per heavy atom. The van der Waals surface area contributed by atoms with Gasteiger partial charge in [-0.15, -0.1) is 0 Å². The number of benzene rings is 2. The second-order valence-corrected chi connectivity index (χ2v) is 6.74. The van der Waals surface area contributed by atoms with Crippen molar-refractivity contribution in [3.8, 4) is 0 Å². The molecule has 122 valence electrons. The molecule has 4 nitrogen and oxygen atoms in total. The van der Waals surface area contributed by atoms with Crippen LogP contribution in [-0.2, 0) is 6.54 Å². The number of amides is 1. The SMILES string of the molecule is Cc1ccc(NC(=O)c2ccc(Cn3cc(Br)cn3)cc2)c(C)c1. The summed E-state index contributed by atoms with van der Waals surface area (Å²) in [6, 6.07) is 13.6. The summed E-state index contributed by atoms with van der Waals surface area (Å²) in [4.78, 5) is 12.4. The highest BCUT2D eigenvalue weighted by Crippen LogP contribution is 2.17. The van der Waals surface area contributed by atoms with Crippen LogP contribution in [0.1, 0.15) is 27.0 Å². The fourth-order valence-corrected chi connectivity index (χ4v) is 2.85. The smallest absolute Gasteiger partial charge is 0.255 e. The normalized spacial score (nSPS) is 10.6. The summed E-state index contributed by atoms with van der Waals surface area (Å²) in [5.41, 5.74) is 4.81. The van der Waals surface area contributed by atoms with Gasteiger partial charge in [0.25, 0.3) is 5.91 Å². The van der Waals surface area contributed by atoms with Crippen LogP contribution in [0.4, 0.5) is 5.69 Å². The van der Waals surface area contributed by atoms with E-state index in [1.807, 2.05) is 61.1 Å². The van der Waals surface area contributed by atoms with Gasteiger partial charge in [-0.1, -0.05) is 29.8 Å². The first-order valence-corrected chi connectivity index (χ1v) is 8.46. The van der Waals surface area contributed by atoms with Crippen LogP contribution in [0.5, 0.6) is 0 Å². The zero-order chi connectivity index (χ0) is 17.1. The van der Waals surface area contributed by atoms with Crippen LogP contribution in [0.25, 0.3) is 0 Å². The first-order chi connectivity index (χ1) is 11.5. The molecule has 0 saturated heterocycles. The number of hydrogen-bond acceptors (Lipinski definition) is 2. The number of anilines is 1. The second-order valence-electron chi connectivity index (χ2n) is 5.83. The van der Waals surface area contributed by atoms with E-state index in [4.69, 9.17) is 0 Å². The van der Waals surface area contributed by atoms with E-state index in [1.165, 1.54) is 5.56 Å². The average Bonchev–Trinajstić information content (AvgIpc) is 2.96. The molecule has 5 heteroatoms. The monoisotopic (exact) mass is 383 g/mol. The van der Waals surface area contributed by atoms with Gasteiger partial charge in [0.15, 0.2) is 0 Å². The minimum absolute atomic E-state index is 0.102. The number of rotatable bonds is 4. The molecule has 0 aliphatic heterocycles. The largest absolute Gasteiger partial charge is 0.322 e. The Morgan fingerprint density at radius 2 is 1.92 bits per heavy atom. The van der Waals surface area contributed by atoms with Crippen LogP contribution >= 0.6 is 15.9 Å². The van der Waals surface area contributed by atoms with Crippen LogP contribution in [0.3, 0.4) is 0 Å². The van der Waals surface area contributed by atoms with Crippen molar-refractivity contribution in [2.45, 2.75) is 20.4 Å². The van der Waals surface area contributed by atoms with Crippen molar-refractivity contribution in [2.75, 3.05) is 5.32 Å². The Balaban J connectivity index is 1.69. The summed E-state index contributed by atoms with van der Waals surface area (Å²) in [5.74, 6) is -0.102. The highest BCUT2D eigenvalue weighted by atomic mass is 79.9. The number of nitrogens with one attached hydrogen (secondary N) is 1. The van der Waals surface area contributed by atoms with E-state index in [0.717, 1.165) is 21.3 Å². The summed E-state index contributed by atoms with van der Waals surface area (Å²) in [6.45, 7) is 4.70. The minimum atomic E-state index is -0.102. The molecule has 0 aliphatic rings. The molecular formula is C19H18BrN3O. The molecule has 0 bridgehead atoms. The Hall–Kier alpha value is -2.40. The van der Waals surface area contributed by atoms with Crippen molar-refractivity contribution in [1.29, 1.82) is 0 Å². The van der Waals surface area contributed by atoms with E-state index in [9.17, 15) is 4.79 Å². The van der Waals surface area contributed by atoms with Crippen LogP contribution in [-0.4, -0.2) is 15.7 Å². The molecule has 1 amide bonds. The highest BCUT2D eigenvalue weighted by molar-refractivity contribution is 9.10. The van der Waals surface area contributed by atoms with Gasteiger partial charge in [-0.25, -0.2) is 0 Å². The van der Waals surface area contributed by atoms with Gasteiger partial charge in [0.2, 0.25) is 0 Å². The summed E-state index contributed by atoms with van der Waals surface area (Å²) in [5, 5.41) is 7.20. The van der Waals surface area contributed by atoms with Crippen molar-refractivity contribution < 1.29 is 4.79 Å². The molecule has 1 heterocycles. The maximum absolute atomic E-state index is 12.4. The van der Waals surface area contributed by atoms with Gasteiger partial charge in [0.1, 0.15) is 0 Å². The molecular weight excluding hydrogens is 366 g/mol. The third kappa shape index (κ3) is 3.92. The molecule has 3 aromatic rings. The van der Waals surface area contributed by atoms with Gasteiger partial charge in [-0.3, -0.25) is 9.48 Å². The molecule has 0 atom stereocenters. The zero-order valence-electron chi connectivity index (χ0n) is 13.6. The predicted molar refractivity (Wildman–Crippen MR) is 99.3 cm³/mol. The van der Waals surface area contributed by atoms with Gasteiger partial charge in [-0.2, -0.15) is 5.10 Å². The van der Waals surface area contributed by atoms with Gasteiger partial charge >= 0.3 is 0 Å². The van der Waals surface area contributed by atoms with E-state index < -0.39 is 0 Å². The molecule has 0 fully saturated rings. The number of hydrogen-bond donors (Lipinski definition) is 1.